The van der Waals surface area contributed by atoms with Crippen LogP contribution < -0.4 is 4.74 Å². The van der Waals surface area contributed by atoms with E-state index in [1.807, 2.05) is 6.07 Å². The molecule has 0 aliphatic rings. The first-order valence-electron chi connectivity index (χ1n) is 4.16. The molecule has 0 radical (unpaired) electrons. The van der Waals surface area contributed by atoms with Crippen molar-refractivity contribution in [3.8, 4) is 17.6 Å². The van der Waals surface area contributed by atoms with Crippen LogP contribution in [0.15, 0.2) is 18.2 Å². The topological polar surface area (TPSA) is 9.23 Å². The fourth-order valence-corrected chi connectivity index (χ4v) is 1.31. The Bertz CT molecular complexity index is 363. The SMILES string of the molecule is COc1ccc(C#CCCCl)cc1Cl. The van der Waals surface area contributed by atoms with Crippen LogP contribution in [-0.4, -0.2) is 13.0 Å². The smallest absolute Gasteiger partial charge is 0.137 e. The van der Waals surface area contributed by atoms with Crippen LogP contribution in [-0.2, 0) is 0 Å². The van der Waals surface area contributed by atoms with E-state index >= 15 is 0 Å². The summed E-state index contributed by atoms with van der Waals surface area (Å²) in [5, 5.41) is 0.574. The van der Waals surface area contributed by atoms with Gasteiger partial charge in [0, 0.05) is 17.9 Å². The number of hydrogen-bond donors (Lipinski definition) is 0. The monoisotopic (exact) mass is 228 g/mol. The summed E-state index contributed by atoms with van der Waals surface area (Å²) in [5.74, 6) is 7.11. The zero-order valence-corrected chi connectivity index (χ0v) is 9.32. The van der Waals surface area contributed by atoms with Crippen molar-refractivity contribution in [2.45, 2.75) is 6.42 Å². The maximum atomic E-state index is 5.92. The molecule has 0 amide bonds. The predicted octanol–water partition coefficient (Wildman–Crippen LogP) is 3.33. The van der Waals surface area contributed by atoms with Crippen LogP contribution in [0.2, 0.25) is 5.02 Å². The summed E-state index contributed by atoms with van der Waals surface area (Å²) in [5.41, 5.74) is 0.876. The maximum absolute atomic E-state index is 5.92. The van der Waals surface area contributed by atoms with Crippen molar-refractivity contribution >= 4 is 23.2 Å². The molecule has 0 aromatic heterocycles. The summed E-state index contributed by atoms with van der Waals surface area (Å²) in [7, 11) is 1.58. The summed E-state index contributed by atoms with van der Waals surface area (Å²) in [6.07, 6.45) is 0.686. The van der Waals surface area contributed by atoms with Crippen molar-refractivity contribution in [3.05, 3.63) is 28.8 Å². The normalized spacial score (nSPS) is 9.07. The molecule has 0 saturated carbocycles. The third-order valence-corrected chi connectivity index (χ3v) is 2.09. The van der Waals surface area contributed by atoms with Crippen LogP contribution in [0.25, 0.3) is 0 Å². The molecule has 1 aromatic carbocycles. The van der Waals surface area contributed by atoms with Gasteiger partial charge in [-0.05, 0) is 18.2 Å². The van der Waals surface area contributed by atoms with Gasteiger partial charge in [-0.15, -0.1) is 11.6 Å². The molecule has 0 bridgehead atoms. The van der Waals surface area contributed by atoms with E-state index in [4.69, 9.17) is 27.9 Å². The highest BCUT2D eigenvalue weighted by Crippen LogP contribution is 2.24. The van der Waals surface area contributed by atoms with Crippen LogP contribution >= 0.6 is 23.2 Å². The lowest BCUT2D eigenvalue weighted by Gasteiger charge is -2.01. The average Bonchev–Trinajstić information content (AvgIpc) is 2.18. The van der Waals surface area contributed by atoms with Gasteiger partial charge >= 0.3 is 0 Å². The van der Waals surface area contributed by atoms with Crippen LogP contribution in [0.1, 0.15) is 12.0 Å². The minimum absolute atomic E-state index is 0.552. The summed E-state index contributed by atoms with van der Waals surface area (Å²) < 4.78 is 5.02. The molecule has 0 aliphatic heterocycles. The zero-order valence-electron chi connectivity index (χ0n) is 7.81. The van der Waals surface area contributed by atoms with Crippen molar-refractivity contribution in [3.63, 3.8) is 0 Å². The third-order valence-electron chi connectivity index (χ3n) is 1.60. The highest BCUT2D eigenvalue weighted by Gasteiger charge is 1.98. The fraction of sp³-hybridized carbons (Fsp3) is 0.273. The van der Waals surface area contributed by atoms with E-state index in [0.29, 0.717) is 23.1 Å². The van der Waals surface area contributed by atoms with Crippen LogP contribution in [0.5, 0.6) is 5.75 Å². The molecular weight excluding hydrogens is 219 g/mol. The number of hydrogen-bond acceptors (Lipinski definition) is 1. The zero-order chi connectivity index (χ0) is 10.4. The van der Waals surface area contributed by atoms with E-state index in [2.05, 4.69) is 11.8 Å². The second-order valence-corrected chi connectivity index (χ2v) is 3.38. The summed E-state index contributed by atoms with van der Waals surface area (Å²) in [6.45, 7) is 0. The summed E-state index contributed by atoms with van der Waals surface area (Å²) >= 11 is 11.4. The molecule has 0 aliphatic carbocycles. The number of alkyl halides is 1. The Labute approximate surface area is 94.0 Å². The van der Waals surface area contributed by atoms with E-state index < -0.39 is 0 Å². The lowest BCUT2D eigenvalue weighted by molar-refractivity contribution is 0.415. The standard InChI is InChI=1S/C11H10Cl2O/c1-14-11-6-5-9(8-10(11)13)4-2-3-7-12/h5-6,8H,3,7H2,1H3. The molecule has 3 heteroatoms. The van der Waals surface area contributed by atoms with Gasteiger partial charge in [-0.1, -0.05) is 23.4 Å². The quantitative estimate of drug-likeness (QED) is 0.558. The van der Waals surface area contributed by atoms with Gasteiger partial charge in [0.25, 0.3) is 0 Å². The number of halogens is 2. The Hall–Kier alpha value is -0.840. The summed E-state index contributed by atoms with van der Waals surface area (Å²) in [4.78, 5) is 0. The number of benzene rings is 1. The Morgan fingerprint density at radius 1 is 1.43 bits per heavy atom. The van der Waals surface area contributed by atoms with Gasteiger partial charge in [-0.25, -0.2) is 0 Å². The third kappa shape index (κ3) is 3.14. The van der Waals surface area contributed by atoms with Crippen molar-refractivity contribution < 1.29 is 4.74 Å². The Morgan fingerprint density at radius 3 is 2.79 bits per heavy atom. The number of rotatable bonds is 2. The Balaban J connectivity index is 2.82. The lowest BCUT2D eigenvalue weighted by Crippen LogP contribution is -1.84. The molecule has 0 atom stereocenters. The minimum atomic E-state index is 0.552. The maximum Gasteiger partial charge on any atom is 0.137 e. The minimum Gasteiger partial charge on any atom is -0.495 e. The van der Waals surface area contributed by atoms with Gasteiger partial charge in [0.2, 0.25) is 0 Å². The predicted molar refractivity (Wildman–Crippen MR) is 60.2 cm³/mol. The average molecular weight is 229 g/mol. The van der Waals surface area contributed by atoms with Crippen molar-refractivity contribution in [2.24, 2.45) is 0 Å². The lowest BCUT2D eigenvalue weighted by atomic mass is 10.2. The molecule has 0 N–H and O–H groups in total. The molecule has 0 unspecified atom stereocenters. The van der Waals surface area contributed by atoms with Crippen LogP contribution in [0.3, 0.4) is 0 Å². The second kappa shape index (κ2) is 5.80. The van der Waals surface area contributed by atoms with Crippen LogP contribution in [0, 0.1) is 11.8 Å². The molecule has 1 nitrogen and oxygen atoms in total. The molecule has 0 saturated heterocycles. The molecule has 1 aromatic rings. The first-order valence-corrected chi connectivity index (χ1v) is 5.07. The number of methoxy groups -OCH3 is 1. The van der Waals surface area contributed by atoms with Crippen LogP contribution in [0.4, 0.5) is 0 Å². The Kier molecular flexibility index (Phi) is 4.65. The van der Waals surface area contributed by atoms with E-state index in [1.54, 1.807) is 19.2 Å². The highest BCUT2D eigenvalue weighted by molar-refractivity contribution is 6.32. The molecule has 74 valence electrons. The van der Waals surface area contributed by atoms with E-state index in [-0.39, 0.29) is 0 Å². The largest absolute Gasteiger partial charge is 0.495 e. The molecule has 0 spiro atoms. The van der Waals surface area contributed by atoms with Gasteiger partial charge in [-0.2, -0.15) is 0 Å². The fourth-order valence-electron chi connectivity index (χ4n) is 0.956. The van der Waals surface area contributed by atoms with Crippen molar-refractivity contribution in [2.75, 3.05) is 13.0 Å². The van der Waals surface area contributed by atoms with Gasteiger partial charge in [0.1, 0.15) is 5.75 Å². The van der Waals surface area contributed by atoms with E-state index in [0.717, 1.165) is 5.56 Å². The first-order chi connectivity index (χ1) is 6.77. The molecule has 14 heavy (non-hydrogen) atoms. The van der Waals surface area contributed by atoms with Crippen molar-refractivity contribution in [1.29, 1.82) is 0 Å². The van der Waals surface area contributed by atoms with Gasteiger partial charge in [-0.3, -0.25) is 0 Å². The molecule has 0 heterocycles. The van der Waals surface area contributed by atoms with Gasteiger partial charge in [0.05, 0.1) is 12.1 Å². The highest BCUT2D eigenvalue weighted by atomic mass is 35.5. The first kappa shape index (κ1) is 11.2. The van der Waals surface area contributed by atoms with E-state index in [9.17, 15) is 0 Å². The number of ether oxygens (including phenoxy) is 1. The van der Waals surface area contributed by atoms with Crippen molar-refractivity contribution in [1.82, 2.24) is 0 Å². The Morgan fingerprint density at radius 2 is 2.21 bits per heavy atom. The van der Waals surface area contributed by atoms with E-state index in [1.165, 1.54) is 0 Å². The van der Waals surface area contributed by atoms with Gasteiger partial charge < -0.3 is 4.74 Å². The molecular formula is C11H10Cl2O. The summed E-state index contributed by atoms with van der Waals surface area (Å²) in [6, 6.07) is 5.45. The van der Waals surface area contributed by atoms with Gasteiger partial charge in [0.15, 0.2) is 0 Å². The molecule has 0 fully saturated rings. The molecule has 1 rings (SSSR count). The second-order valence-electron chi connectivity index (χ2n) is 2.59.